The van der Waals surface area contributed by atoms with Gasteiger partial charge in [-0.1, -0.05) is 0 Å². The van der Waals surface area contributed by atoms with Gasteiger partial charge in [0.1, 0.15) is 0 Å². The normalized spacial score (nSPS) is 11.2. The molecule has 0 aliphatic rings. The standard InChI is InChI=1S/C11H15BrN2O2/c1-11(2,6-15)14-10(16)7-3-4-9(13)8(12)5-7/h3-5,15H,6,13H2,1-2H3,(H,14,16). The maximum Gasteiger partial charge on any atom is 0.251 e. The zero-order valence-corrected chi connectivity index (χ0v) is 10.8. The van der Waals surface area contributed by atoms with Crippen LogP contribution in [0.3, 0.4) is 0 Å². The Kier molecular flexibility index (Phi) is 3.93. The lowest BCUT2D eigenvalue weighted by molar-refractivity contribution is 0.0869. The fraction of sp³-hybridized carbons (Fsp3) is 0.364. The molecule has 1 amide bonds. The Morgan fingerprint density at radius 2 is 2.19 bits per heavy atom. The van der Waals surface area contributed by atoms with Crippen LogP contribution in [-0.2, 0) is 0 Å². The summed E-state index contributed by atoms with van der Waals surface area (Å²) in [7, 11) is 0. The number of amides is 1. The molecule has 0 radical (unpaired) electrons. The van der Waals surface area contributed by atoms with Gasteiger partial charge in [-0.15, -0.1) is 0 Å². The summed E-state index contributed by atoms with van der Waals surface area (Å²) in [4.78, 5) is 11.8. The molecule has 1 aromatic rings. The van der Waals surface area contributed by atoms with Gasteiger partial charge in [-0.3, -0.25) is 4.79 Å². The van der Waals surface area contributed by atoms with Gasteiger partial charge in [-0.05, 0) is 48.0 Å². The van der Waals surface area contributed by atoms with E-state index in [0.29, 0.717) is 15.7 Å². The Balaban J connectivity index is 2.85. The first-order valence-electron chi connectivity index (χ1n) is 4.84. The quantitative estimate of drug-likeness (QED) is 0.738. The Bertz CT molecular complexity index is 405. The number of aliphatic hydroxyl groups is 1. The van der Waals surface area contributed by atoms with Crippen molar-refractivity contribution in [3.8, 4) is 0 Å². The van der Waals surface area contributed by atoms with Crippen molar-refractivity contribution < 1.29 is 9.90 Å². The number of carbonyl (C=O) groups excluding carboxylic acids is 1. The van der Waals surface area contributed by atoms with E-state index in [-0.39, 0.29) is 12.5 Å². The second kappa shape index (κ2) is 4.84. The first-order valence-corrected chi connectivity index (χ1v) is 5.63. The molecule has 5 heteroatoms. The number of hydrogen-bond donors (Lipinski definition) is 3. The van der Waals surface area contributed by atoms with Gasteiger partial charge >= 0.3 is 0 Å². The summed E-state index contributed by atoms with van der Waals surface area (Å²) in [5.74, 6) is -0.236. The van der Waals surface area contributed by atoms with E-state index >= 15 is 0 Å². The molecule has 0 atom stereocenters. The van der Waals surface area contributed by atoms with E-state index in [9.17, 15) is 4.79 Å². The predicted molar refractivity (Wildman–Crippen MR) is 67.2 cm³/mol. The van der Waals surface area contributed by atoms with Crippen molar-refractivity contribution in [3.05, 3.63) is 28.2 Å². The predicted octanol–water partition coefficient (Wildman–Crippen LogP) is 1.53. The van der Waals surface area contributed by atoms with Gasteiger partial charge in [0.25, 0.3) is 5.91 Å². The number of carbonyl (C=O) groups is 1. The van der Waals surface area contributed by atoms with E-state index in [0.717, 1.165) is 0 Å². The van der Waals surface area contributed by atoms with E-state index in [1.807, 2.05) is 0 Å². The van der Waals surface area contributed by atoms with Crippen molar-refractivity contribution in [2.24, 2.45) is 0 Å². The topological polar surface area (TPSA) is 75.3 Å². The van der Waals surface area contributed by atoms with Crippen LogP contribution in [0, 0.1) is 0 Å². The van der Waals surface area contributed by atoms with Crippen molar-refractivity contribution in [2.75, 3.05) is 12.3 Å². The van der Waals surface area contributed by atoms with Crippen LogP contribution in [0.2, 0.25) is 0 Å². The molecule has 0 heterocycles. The zero-order valence-electron chi connectivity index (χ0n) is 9.25. The number of nitrogens with two attached hydrogens (primary N) is 1. The van der Waals surface area contributed by atoms with Crippen LogP contribution in [0.1, 0.15) is 24.2 Å². The number of nitrogens with one attached hydrogen (secondary N) is 1. The Morgan fingerprint density at radius 3 is 2.69 bits per heavy atom. The third-order valence-electron chi connectivity index (χ3n) is 2.11. The summed E-state index contributed by atoms with van der Waals surface area (Å²) in [5, 5.41) is 11.8. The van der Waals surface area contributed by atoms with Gasteiger partial charge in [0.05, 0.1) is 12.1 Å². The second-order valence-electron chi connectivity index (χ2n) is 4.23. The lowest BCUT2D eigenvalue weighted by atomic mass is 10.1. The van der Waals surface area contributed by atoms with Gasteiger partial charge in [0, 0.05) is 15.7 Å². The van der Waals surface area contributed by atoms with Crippen molar-refractivity contribution in [1.29, 1.82) is 0 Å². The summed E-state index contributed by atoms with van der Waals surface area (Å²) in [6, 6.07) is 4.95. The largest absolute Gasteiger partial charge is 0.398 e. The summed E-state index contributed by atoms with van der Waals surface area (Å²) in [5.41, 5.74) is 6.07. The molecule has 4 nitrogen and oxygen atoms in total. The highest BCUT2D eigenvalue weighted by molar-refractivity contribution is 9.10. The van der Waals surface area contributed by atoms with Gasteiger partial charge in [0.15, 0.2) is 0 Å². The van der Waals surface area contributed by atoms with Crippen LogP contribution in [0.4, 0.5) is 5.69 Å². The van der Waals surface area contributed by atoms with Crippen LogP contribution in [0.5, 0.6) is 0 Å². The second-order valence-corrected chi connectivity index (χ2v) is 5.09. The van der Waals surface area contributed by atoms with Crippen LogP contribution < -0.4 is 11.1 Å². The molecule has 0 aliphatic carbocycles. The molecule has 1 rings (SSSR count). The van der Waals surface area contributed by atoms with Gasteiger partial charge < -0.3 is 16.2 Å². The van der Waals surface area contributed by atoms with E-state index in [2.05, 4.69) is 21.2 Å². The van der Waals surface area contributed by atoms with Gasteiger partial charge in [0.2, 0.25) is 0 Å². The van der Waals surface area contributed by atoms with Crippen molar-refractivity contribution in [2.45, 2.75) is 19.4 Å². The molecular formula is C11H15BrN2O2. The Labute approximate surface area is 103 Å². The number of hydrogen-bond acceptors (Lipinski definition) is 3. The fourth-order valence-corrected chi connectivity index (χ4v) is 1.47. The number of anilines is 1. The lowest BCUT2D eigenvalue weighted by Gasteiger charge is -2.23. The smallest absolute Gasteiger partial charge is 0.251 e. The summed E-state index contributed by atoms with van der Waals surface area (Å²) in [6.07, 6.45) is 0. The number of halogens is 1. The highest BCUT2D eigenvalue weighted by atomic mass is 79.9. The molecule has 4 N–H and O–H groups in total. The van der Waals surface area contributed by atoms with Crippen LogP contribution >= 0.6 is 15.9 Å². The van der Waals surface area contributed by atoms with Gasteiger partial charge in [-0.25, -0.2) is 0 Å². The van der Waals surface area contributed by atoms with Crippen LogP contribution in [-0.4, -0.2) is 23.2 Å². The fourth-order valence-electron chi connectivity index (χ4n) is 1.09. The van der Waals surface area contributed by atoms with Crippen molar-refractivity contribution in [3.63, 3.8) is 0 Å². The van der Waals surface area contributed by atoms with E-state index in [1.165, 1.54) is 0 Å². The number of benzene rings is 1. The molecule has 16 heavy (non-hydrogen) atoms. The van der Waals surface area contributed by atoms with Crippen LogP contribution in [0.25, 0.3) is 0 Å². The number of aliphatic hydroxyl groups excluding tert-OH is 1. The van der Waals surface area contributed by atoms with Crippen LogP contribution in [0.15, 0.2) is 22.7 Å². The molecule has 0 aliphatic heterocycles. The first-order chi connectivity index (χ1) is 7.35. The minimum atomic E-state index is -0.634. The summed E-state index contributed by atoms with van der Waals surface area (Å²) >= 11 is 3.26. The van der Waals surface area contributed by atoms with E-state index in [4.69, 9.17) is 10.8 Å². The maximum atomic E-state index is 11.8. The lowest BCUT2D eigenvalue weighted by Crippen LogP contribution is -2.46. The molecule has 0 spiro atoms. The zero-order chi connectivity index (χ0) is 12.3. The Hall–Kier alpha value is -1.07. The monoisotopic (exact) mass is 286 g/mol. The molecule has 0 aromatic heterocycles. The van der Waals surface area contributed by atoms with E-state index < -0.39 is 5.54 Å². The Morgan fingerprint density at radius 1 is 1.56 bits per heavy atom. The highest BCUT2D eigenvalue weighted by Gasteiger charge is 2.20. The third-order valence-corrected chi connectivity index (χ3v) is 2.80. The average Bonchev–Trinajstić information content (AvgIpc) is 2.21. The molecule has 0 unspecified atom stereocenters. The van der Waals surface area contributed by atoms with Crippen molar-refractivity contribution >= 4 is 27.5 Å². The molecule has 88 valence electrons. The molecule has 0 bridgehead atoms. The molecule has 1 aromatic carbocycles. The number of rotatable bonds is 3. The number of nitrogen functional groups attached to an aromatic ring is 1. The molecule has 0 saturated heterocycles. The summed E-state index contributed by atoms with van der Waals surface area (Å²) in [6.45, 7) is 3.38. The molecular weight excluding hydrogens is 272 g/mol. The first kappa shape index (κ1) is 13.0. The minimum absolute atomic E-state index is 0.116. The van der Waals surface area contributed by atoms with Crippen molar-refractivity contribution in [1.82, 2.24) is 5.32 Å². The SMILES string of the molecule is CC(C)(CO)NC(=O)c1ccc(N)c(Br)c1. The maximum absolute atomic E-state index is 11.8. The van der Waals surface area contributed by atoms with E-state index in [1.54, 1.807) is 32.0 Å². The molecule has 0 fully saturated rings. The minimum Gasteiger partial charge on any atom is -0.398 e. The highest BCUT2D eigenvalue weighted by Crippen LogP contribution is 2.20. The van der Waals surface area contributed by atoms with Gasteiger partial charge in [-0.2, -0.15) is 0 Å². The average molecular weight is 287 g/mol. The molecule has 0 saturated carbocycles. The third kappa shape index (κ3) is 3.21. The summed E-state index contributed by atoms with van der Waals surface area (Å²) < 4.78 is 0.682.